The number of aryl methyl sites for hydroxylation is 1. The van der Waals surface area contributed by atoms with Crippen LogP contribution in [0.15, 0.2) is 42.0 Å². The number of anilines is 2. The Hall–Kier alpha value is -3.69. The molecule has 3 aromatic heterocycles. The molecule has 4 aromatic rings. The van der Waals surface area contributed by atoms with Gasteiger partial charge in [-0.3, -0.25) is 4.57 Å². The van der Waals surface area contributed by atoms with Crippen molar-refractivity contribution in [2.75, 3.05) is 18.1 Å². The molecule has 194 valence electrons. The predicted octanol–water partition coefficient (Wildman–Crippen LogP) is 0.614. The van der Waals surface area contributed by atoms with Crippen LogP contribution in [0.25, 0.3) is 11.2 Å². The van der Waals surface area contributed by atoms with Crippen molar-refractivity contribution in [3.8, 4) is 0 Å². The van der Waals surface area contributed by atoms with E-state index in [1.807, 2.05) is 6.07 Å². The summed E-state index contributed by atoms with van der Waals surface area (Å²) in [5.41, 5.74) is 11.3. The number of hydrogen-bond acceptors (Lipinski definition) is 12. The zero-order chi connectivity index (χ0) is 26.3. The summed E-state index contributed by atoms with van der Waals surface area (Å²) in [4.78, 5) is 29.4. The lowest BCUT2D eigenvalue weighted by atomic mass is 9.91. The van der Waals surface area contributed by atoms with E-state index in [1.54, 1.807) is 31.2 Å². The lowest BCUT2D eigenvalue weighted by molar-refractivity contribution is -0.177. The first-order chi connectivity index (χ1) is 17.7. The number of aliphatic hydroxyl groups excluding tert-OH is 2. The van der Waals surface area contributed by atoms with Gasteiger partial charge in [0.2, 0.25) is 5.60 Å². The average molecular weight is 528 g/mol. The number of ether oxygens (including phenoxy) is 2. The average Bonchev–Trinajstić information content (AvgIpc) is 3.56. The van der Waals surface area contributed by atoms with Crippen molar-refractivity contribution in [3.63, 3.8) is 0 Å². The molecular weight excluding hydrogens is 502 g/mol. The van der Waals surface area contributed by atoms with Crippen LogP contribution in [-0.4, -0.2) is 70.7 Å². The van der Waals surface area contributed by atoms with Gasteiger partial charge in [0.15, 0.2) is 22.8 Å². The number of aliphatic hydroxyl groups is 2. The molecule has 13 nitrogen and oxygen atoms in total. The number of carboxylic acid groups (broad SMARTS) is 1. The van der Waals surface area contributed by atoms with Crippen LogP contribution >= 0.6 is 11.3 Å². The van der Waals surface area contributed by atoms with Crippen LogP contribution in [0, 0.1) is 6.92 Å². The zero-order valence-corrected chi connectivity index (χ0v) is 20.4. The van der Waals surface area contributed by atoms with Crippen molar-refractivity contribution in [1.29, 1.82) is 0 Å². The number of benzene rings is 1. The van der Waals surface area contributed by atoms with Gasteiger partial charge in [-0.15, -0.1) is 11.3 Å². The molecule has 7 N–H and O–H groups in total. The minimum absolute atomic E-state index is 0.0528. The van der Waals surface area contributed by atoms with Crippen LogP contribution in [0.4, 0.5) is 10.9 Å². The van der Waals surface area contributed by atoms with Gasteiger partial charge >= 0.3 is 5.97 Å². The summed E-state index contributed by atoms with van der Waals surface area (Å²) in [7, 11) is 0. The van der Waals surface area contributed by atoms with Gasteiger partial charge in [0.25, 0.3) is 0 Å². The van der Waals surface area contributed by atoms with Gasteiger partial charge in [0.1, 0.15) is 29.7 Å². The van der Waals surface area contributed by atoms with E-state index in [-0.39, 0.29) is 29.7 Å². The second kappa shape index (κ2) is 9.64. The van der Waals surface area contributed by atoms with E-state index in [2.05, 4.69) is 19.9 Å². The fourth-order valence-electron chi connectivity index (χ4n) is 4.38. The first-order valence-corrected chi connectivity index (χ1v) is 12.2. The maximum Gasteiger partial charge on any atom is 0.342 e. The molecule has 5 rings (SSSR count). The lowest BCUT2D eigenvalue weighted by Crippen LogP contribution is -2.44. The molecule has 1 aliphatic rings. The first kappa shape index (κ1) is 25.0. The molecule has 0 saturated carbocycles. The molecular formula is C23H25N7O6S. The van der Waals surface area contributed by atoms with Crippen LogP contribution in [-0.2, 0) is 26.3 Å². The van der Waals surface area contributed by atoms with E-state index in [0.29, 0.717) is 22.6 Å². The summed E-state index contributed by atoms with van der Waals surface area (Å²) < 4.78 is 13.4. The Kier molecular flexibility index (Phi) is 6.51. The van der Waals surface area contributed by atoms with Crippen molar-refractivity contribution in [2.45, 2.75) is 43.5 Å². The Bertz CT molecular complexity index is 1430. The van der Waals surface area contributed by atoms with Gasteiger partial charge in [-0.25, -0.2) is 24.7 Å². The van der Waals surface area contributed by atoms with E-state index in [0.717, 1.165) is 11.3 Å². The molecule has 4 heterocycles. The van der Waals surface area contributed by atoms with Crippen LogP contribution < -0.4 is 11.5 Å². The van der Waals surface area contributed by atoms with Gasteiger partial charge in [-0.2, -0.15) is 0 Å². The second-order valence-corrected chi connectivity index (χ2v) is 9.59. The number of nitrogen functional groups attached to an aromatic ring is 2. The number of carbonyl (C=O) groups is 1. The number of rotatable bonds is 8. The van der Waals surface area contributed by atoms with Gasteiger partial charge in [0.05, 0.1) is 18.6 Å². The van der Waals surface area contributed by atoms with Gasteiger partial charge in [0, 0.05) is 11.8 Å². The number of aliphatic carboxylic acids is 1. The first-order valence-electron chi connectivity index (χ1n) is 11.3. The standard InChI is InChI=1S/C23H25N7O6S/c1-11-27-18(24)15-19(28-11)30(10-26-15)20-17(32)16(31)13(36-20)8-35-23(21(33)34,14-9-37-22(25)29-14)7-12-5-3-2-4-6-12/h2-6,9-10,13,16-17,20,31-32H,7-8H2,1H3,(H2,25,29)(H,33,34)(H2,24,27,28)/t13-,16-,17-,20-,23+/m1/s1. The Morgan fingerprint density at radius 2 is 1.95 bits per heavy atom. The Labute approximate surface area is 214 Å². The van der Waals surface area contributed by atoms with Crippen molar-refractivity contribution in [3.05, 3.63) is 59.1 Å². The molecule has 0 spiro atoms. The van der Waals surface area contributed by atoms with E-state index < -0.39 is 36.1 Å². The van der Waals surface area contributed by atoms with Crippen LogP contribution in [0.1, 0.15) is 23.3 Å². The third-order valence-electron chi connectivity index (χ3n) is 6.24. The normalized spacial score (nSPS) is 23.3. The highest BCUT2D eigenvalue weighted by Crippen LogP contribution is 2.36. The number of carboxylic acids is 1. The van der Waals surface area contributed by atoms with Crippen LogP contribution in [0.3, 0.4) is 0 Å². The predicted molar refractivity (Wildman–Crippen MR) is 132 cm³/mol. The maximum atomic E-state index is 12.7. The van der Waals surface area contributed by atoms with E-state index in [4.69, 9.17) is 20.9 Å². The van der Waals surface area contributed by atoms with Gasteiger partial charge in [-0.1, -0.05) is 30.3 Å². The number of thiazole rings is 1. The molecule has 0 bridgehead atoms. The molecule has 5 atom stereocenters. The quantitative estimate of drug-likeness (QED) is 0.214. The zero-order valence-electron chi connectivity index (χ0n) is 19.6. The van der Waals surface area contributed by atoms with E-state index >= 15 is 0 Å². The maximum absolute atomic E-state index is 12.7. The fraction of sp³-hybridized carbons (Fsp3) is 0.348. The minimum atomic E-state index is -1.91. The number of nitrogens with zero attached hydrogens (tertiary/aromatic N) is 5. The van der Waals surface area contributed by atoms with Crippen molar-refractivity contribution in [1.82, 2.24) is 24.5 Å². The molecule has 1 aliphatic heterocycles. The Morgan fingerprint density at radius 3 is 2.62 bits per heavy atom. The Balaban J connectivity index is 1.43. The molecule has 1 fully saturated rings. The molecule has 0 radical (unpaired) electrons. The summed E-state index contributed by atoms with van der Waals surface area (Å²) in [5.74, 6) is -0.715. The highest BCUT2D eigenvalue weighted by Gasteiger charge is 2.49. The third kappa shape index (κ3) is 4.49. The van der Waals surface area contributed by atoms with Crippen molar-refractivity contribution >= 4 is 39.4 Å². The van der Waals surface area contributed by atoms with Crippen LogP contribution in [0.2, 0.25) is 0 Å². The molecule has 37 heavy (non-hydrogen) atoms. The smallest absolute Gasteiger partial charge is 0.342 e. The largest absolute Gasteiger partial charge is 0.479 e. The number of hydrogen-bond donors (Lipinski definition) is 5. The lowest BCUT2D eigenvalue weighted by Gasteiger charge is -2.30. The molecule has 0 aliphatic carbocycles. The molecule has 1 saturated heterocycles. The summed E-state index contributed by atoms with van der Waals surface area (Å²) in [5, 5.41) is 33.6. The number of fused-ring (bicyclic) bond motifs is 1. The monoisotopic (exact) mass is 527 g/mol. The molecule has 0 amide bonds. The van der Waals surface area contributed by atoms with Crippen molar-refractivity contribution < 1.29 is 29.6 Å². The van der Waals surface area contributed by atoms with Crippen LogP contribution in [0.5, 0.6) is 0 Å². The molecule has 14 heteroatoms. The topological polar surface area (TPSA) is 205 Å². The number of aromatic nitrogens is 5. The third-order valence-corrected chi connectivity index (χ3v) is 6.92. The summed E-state index contributed by atoms with van der Waals surface area (Å²) in [6.45, 7) is 1.29. The second-order valence-electron chi connectivity index (χ2n) is 8.70. The highest BCUT2D eigenvalue weighted by molar-refractivity contribution is 7.13. The number of nitrogens with two attached hydrogens (primary N) is 2. The Morgan fingerprint density at radius 1 is 1.19 bits per heavy atom. The summed E-state index contributed by atoms with van der Waals surface area (Å²) in [6, 6.07) is 8.94. The summed E-state index contributed by atoms with van der Waals surface area (Å²) in [6.07, 6.45) is -3.61. The van der Waals surface area contributed by atoms with Gasteiger partial charge < -0.3 is 36.3 Å². The van der Waals surface area contributed by atoms with Crippen molar-refractivity contribution in [2.24, 2.45) is 0 Å². The van der Waals surface area contributed by atoms with E-state index in [1.165, 1.54) is 16.3 Å². The number of imidazole rings is 1. The minimum Gasteiger partial charge on any atom is -0.479 e. The summed E-state index contributed by atoms with van der Waals surface area (Å²) >= 11 is 1.09. The van der Waals surface area contributed by atoms with Gasteiger partial charge in [-0.05, 0) is 12.5 Å². The van der Waals surface area contributed by atoms with E-state index in [9.17, 15) is 20.1 Å². The molecule has 0 unspecified atom stereocenters. The molecule has 1 aromatic carbocycles. The SMILES string of the molecule is Cc1nc(N)c2ncn([C@@H]3O[C@H](CO[C@](Cc4ccccc4)(C(=O)O)c4csc(N)n4)[C@@H](O)[C@H]3O)c2n1. The fourth-order valence-corrected chi connectivity index (χ4v) is 5.00. The highest BCUT2D eigenvalue weighted by atomic mass is 32.1.